The molecule has 0 bridgehead atoms. The molecule has 1 amide bonds. The van der Waals surface area contributed by atoms with E-state index in [0.717, 1.165) is 0 Å². The lowest BCUT2D eigenvalue weighted by atomic mass is 10.1. The summed E-state index contributed by atoms with van der Waals surface area (Å²) in [6.07, 6.45) is -2.61. The summed E-state index contributed by atoms with van der Waals surface area (Å²) < 4.78 is 5.11. The number of amides is 1. The Kier molecular flexibility index (Phi) is 5.94. The normalized spacial score (nSPS) is 14.7. The number of thiophene rings is 1. The van der Waals surface area contributed by atoms with Crippen LogP contribution in [0.4, 0.5) is 9.80 Å². The maximum atomic E-state index is 11.6. The van der Waals surface area contributed by atoms with Crippen molar-refractivity contribution in [1.82, 2.24) is 0 Å². The molecule has 0 saturated heterocycles. The Labute approximate surface area is 122 Å². The fraction of sp³-hybridized carbons (Fsp3) is 0.615. The standard InChI is InChI=1S/C13H21NO5S/c1-13(2,3)19-12(18)14-10-6-8(7-20-10)11(17)9(16)4-5-15/h6-7,9,11,15-17H,4-5H2,1-3H3,(H,14,18). The Morgan fingerprint density at radius 3 is 2.65 bits per heavy atom. The van der Waals surface area contributed by atoms with Gasteiger partial charge >= 0.3 is 6.09 Å². The smallest absolute Gasteiger partial charge is 0.412 e. The van der Waals surface area contributed by atoms with Crippen molar-refractivity contribution in [1.29, 1.82) is 0 Å². The van der Waals surface area contributed by atoms with Crippen LogP contribution in [0.2, 0.25) is 0 Å². The summed E-state index contributed by atoms with van der Waals surface area (Å²) in [6.45, 7) is 5.09. The van der Waals surface area contributed by atoms with Gasteiger partial charge in [0.15, 0.2) is 0 Å². The van der Waals surface area contributed by atoms with Crippen molar-refractivity contribution in [3.05, 3.63) is 17.0 Å². The van der Waals surface area contributed by atoms with Crippen LogP contribution in [0.25, 0.3) is 0 Å². The molecule has 1 rings (SSSR count). The number of hydrogen-bond acceptors (Lipinski definition) is 6. The summed E-state index contributed by atoms with van der Waals surface area (Å²) in [5.41, 5.74) is -0.0944. The maximum Gasteiger partial charge on any atom is 0.412 e. The Morgan fingerprint density at radius 1 is 1.45 bits per heavy atom. The van der Waals surface area contributed by atoms with Crippen molar-refractivity contribution in [2.24, 2.45) is 0 Å². The van der Waals surface area contributed by atoms with Crippen molar-refractivity contribution in [2.75, 3.05) is 11.9 Å². The molecule has 4 N–H and O–H groups in total. The number of aliphatic hydroxyl groups is 3. The molecule has 0 spiro atoms. The molecule has 1 aromatic heterocycles. The number of carbonyl (C=O) groups excluding carboxylic acids is 1. The first kappa shape index (κ1) is 16.9. The first-order valence-electron chi connectivity index (χ1n) is 6.28. The van der Waals surface area contributed by atoms with E-state index in [1.54, 1.807) is 32.2 Å². The molecule has 2 unspecified atom stereocenters. The molecule has 0 aliphatic heterocycles. The highest BCUT2D eigenvalue weighted by atomic mass is 32.1. The molecule has 0 radical (unpaired) electrons. The third-order valence-electron chi connectivity index (χ3n) is 2.37. The largest absolute Gasteiger partial charge is 0.444 e. The van der Waals surface area contributed by atoms with Gasteiger partial charge in [0, 0.05) is 6.61 Å². The van der Waals surface area contributed by atoms with Gasteiger partial charge < -0.3 is 20.1 Å². The first-order valence-corrected chi connectivity index (χ1v) is 7.16. The van der Waals surface area contributed by atoms with Crippen LogP contribution in [0.3, 0.4) is 0 Å². The predicted octanol–water partition coefficient (Wildman–Crippen LogP) is 1.87. The average Bonchev–Trinajstić information content (AvgIpc) is 2.74. The van der Waals surface area contributed by atoms with E-state index < -0.39 is 23.9 Å². The number of aliphatic hydroxyl groups excluding tert-OH is 3. The molecular weight excluding hydrogens is 282 g/mol. The molecule has 1 heterocycles. The molecular formula is C13H21NO5S. The second-order valence-corrected chi connectivity index (χ2v) is 6.31. The van der Waals surface area contributed by atoms with E-state index in [1.807, 2.05) is 0 Å². The third-order valence-corrected chi connectivity index (χ3v) is 3.24. The van der Waals surface area contributed by atoms with Gasteiger partial charge in [-0.1, -0.05) is 0 Å². The van der Waals surface area contributed by atoms with Gasteiger partial charge in [-0.3, -0.25) is 5.32 Å². The summed E-state index contributed by atoms with van der Waals surface area (Å²) in [5.74, 6) is 0. The minimum absolute atomic E-state index is 0.0891. The van der Waals surface area contributed by atoms with Gasteiger partial charge in [-0.15, -0.1) is 11.3 Å². The molecule has 1 aromatic rings. The third kappa shape index (κ3) is 5.46. The van der Waals surface area contributed by atoms with Crippen molar-refractivity contribution in [2.45, 2.75) is 45.0 Å². The van der Waals surface area contributed by atoms with Gasteiger partial charge in [-0.25, -0.2) is 4.79 Å². The van der Waals surface area contributed by atoms with Gasteiger partial charge in [0.2, 0.25) is 0 Å². The summed E-state index contributed by atoms with van der Waals surface area (Å²) in [6, 6.07) is 1.57. The number of rotatable bonds is 5. The van der Waals surface area contributed by atoms with Crippen molar-refractivity contribution in [3.63, 3.8) is 0 Å². The predicted molar refractivity (Wildman–Crippen MR) is 76.8 cm³/mol. The zero-order valence-electron chi connectivity index (χ0n) is 11.8. The highest BCUT2D eigenvalue weighted by Crippen LogP contribution is 2.28. The number of hydrogen-bond donors (Lipinski definition) is 4. The second-order valence-electron chi connectivity index (χ2n) is 5.40. The Hall–Kier alpha value is -1.15. The Bertz CT molecular complexity index is 440. The van der Waals surface area contributed by atoms with Gasteiger partial charge in [0.05, 0.1) is 11.1 Å². The van der Waals surface area contributed by atoms with Crippen LogP contribution in [0.15, 0.2) is 11.4 Å². The highest BCUT2D eigenvalue weighted by molar-refractivity contribution is 7.14. The Balaban J connectivity index is 2.61. The van der Waals surface area contributed by atoms with Gasteiger partial charge in [-0.2, -0.15) is 0 Å². The number of ether oxygens (including phenoxy) is 1. The van der Waals surface area contributed by atoms with Gasteiger partial charge in [0.1, 0.15) is 11.7 Å². The lowest BCUT2D eigenvalue weighted by Gasteiger charge is -2.19. The van der Waals surface area contributed by atoms with Crippen LogP contribution < -0.4 is 5.32 Å². The monoisotopic (exact) mass is 303 g/mol. The lowest BCUT2D eigenvalue weighted by molar-refractivity contribution is 0.00446. The summed E-state index contributed by atoms with van der Waals surface area (Å²) in [7, 11) is 0. The van der Waals surface area contributed by atoms with E-state index in [0.29, 0.717) is 10.6 Å². The lowest BCUT2D eigenvalue weighted by Crippen LogP contribution is -2.27. The molecule has 0 fully saturated rings. The summed E-state index contributed by atoms with van der Waals surface area (Å²) in [4.78, 5) is 11.6. The summed E-state index contributed by atoms with van der Waals surface area (Å²) >= 11 is 1.22. The molecule has 0 aromatic carbocycles. The second kappa shape index (κ2) is 7.03. The van der Waals surface area contributed by atoms with Crippen molar-refractivity contribution >= 4 is 22.4 Å². The van der Waals surface area contributed by atoms with E-state index >= 15 is 0 Å². The van der Waals surface area contributed by atoms with E-state index in [1.165, 1.54) is 11.3 Å². The van der Waals surface area contributed by atoms with Gasteiger partial charge in [0.25, 0.3) is 0 Å². The van der Waals surface area contributed by atoms with E-state index in [2.05, 4.69) is 5.32 Å². The highest BCUT2D eigenvalue weighted by Gasteiger charge is 2.21. The molecule has 20 heavy (non-hydrogen) atoms. The molecule has 6 nitrogen and oxygen atoms in total. The van der Waals surface area contributed by atoms with Crippen LogP contribution in [-0.4, -0.2) is 39.7 Å². The van der Waals surface area contributed by atoms with E-state index in [4.69, 9.17) is 9.84 Å². The molecule has 114 valence electrons. The minimum Gasteiger partial charge on any atom is -0.444 e. The van der Waals surface area contributed by atoms with Crippen LogP contribution in [0, 0.1) is 0 Å². The topological polar surface area (TPSA) is 99.0 Å². The zero-order chi connectivity index (χ0) is 15.3. The fourth-order valence-electron chi connectivity index (χ4n) is 1.49. The quantitative estimate of drug-likeness (QED) is 0.665. The van der Waals surface area contributed by atoms with Crippen LogP contribution in [0.5, 0.6) is 0 Å². The molecule has 0 aliphatic carbocycles. The molecule has 7 heteroatoms. The first-order chi connectivity index (χ1) is 9.23. The Morgan fingerprint density at radius 2 is 2.10 bits per heavy atom. The van der Waals surface area contributed by atoms with Crippen LogP contribution in [0.1, 0.15) is 38.9 Å². The average molecular weight is 303 g/mol. The van der Waals surface area contributed by atoms with Gasteiger partial charge in [-0.05, 0) is 44.2 Å². The SMILES string of the molecule is CC(C)(C)OC(=O)Nc1cc(C(O)C(O)CCO)cs1. The number of nitrogens with one attached hydrogen (secondary N) is 1. The number of anilines is 1. The van der Waals surface area contributed by atoms with Crippen molar-refractivity contribution < 1.29 is 24.9 Å². The minimum atomic E-state index is -1.09. The van der Waals surface area contributed by atoms with Crippen LogP contribution in [-0.2, 0) is 4.74 Å². The van der Waals surface area contributed by atoms with E-state index in [-0.39, 0.29) is 13.0 Å². The maximum absolute atomic E-state index is 11.6. The van der Waals surface area contributed by atoms with Crippen molar-refractivity contribution in [3.8, 4) is 0 Å². The number of carbonyl (C=O) groups is 1. The summed E-state index contributed by atoms with van der Waals surface area (Å²) in [5, 5.41) is 32.9. The fourth-order valence-corrected chi connectivity index (χ4v) is 2.30. The van der Waals surface area contributed by atoms with E-state index in [9.17, 15) is 15.0 Å². The molecule has 2 atom stereocenters. The molecule has 0 aliphatic rings. The van der Waals surface area contributed by atoms with Crippen LogP contribution >= 0.6 is 11.3 Å². The zero-order valence-corrected chi connectivity index (χ0v) is 12.6. The molecule has 0 saturated carbocycles.